The average Bonchev–Trinajstić information content (AvgIpc) is 2.86. The highest BCUT2D eigenvalue weighted by molar-refractivity contribution is 5.74. The quantitative estimate of drug-likeness (QED) is 0.652. The summed E-state index contributed by atoms with van der Waals surface area (Å²) in [5.74, 6) is 0.358. The van der Waals surface area contributed by atoms with E-state index in [1.165, 1.54) is 5.56 Å². The molecule has 2 aromatic heterocycles. The fourth-order valence-corrected chi connectivity index (χ4v) is 2.54. The zero-order valence-electron chi connectivity index (χ0n) is 12.2. The van der Waals surface area contributed by atoms with E-state index in [4.69, 9.17) is 0 Å². The molecule has 2 heterocycles. The van der Waals surface area contributed by atoms with Gasteiger partial charge in [0.15, 0.2) is 0 Å². The first-order chi connectivity index (χ1) is 10.2. The number of imidazole rings is 1. The zero-order chi connectivity index (χ0) is 14.8. The van der Waals surface area contributed by atoms with Crippen LogP contribution in [0.2, 0.25) is 0 Å². The molecule has 0 bridgehead atoms. The van der Waals surface area contributed by atoms with Crippen molar-refractivity contribution in [3.63, 3.8) is 0 Å². The summed E-state index contributed by atoms with van der Waals surface area (Å²) in [6.07, 6.45) is 4.06. The number of fused-ring (bicyclic) bond motifs is 1. The van der Waals surface area contributed by atoms with Gasteiger partial charge in [0, 0.05) is 11.8 Å². The number of hydrogen-bond acceptors (Lipinski definition) is 3. The normalized spacial score (nSPS) is 11.0. The zero-order valence-corrected chi connectivity index (χ0v) is 12.2. The SMILES string of the molecule is CCCc1ccc(-c2nc3ccc(C)cn3c2N=O)cc1. The van der Waals surface area contributed by atoms with Gasteiger partial charge in [0.2, 0.25) is 5.82 Å². The Morgan fingerprint density at radius 3 is 2.57 bits per heavy atom. The van der Waals surface area contributed by atoms with Gasteiger partial charge in [-0.2, -0.15) is 0 Å². The molecule has 0 unspecified atom stereocenters. The number of nitrogens with zero attached hydrogens (tertiary/aromatic N) is 3. The fourth-order valence-electron chi connectivity index (χ4n) is 2.54. The third-order valence-electron chi connectivity index (χ3n) is 3.59. The molecular weight excluding hydrogens is 262 g/mol. The number of pyridine rings is 1. The van der Waals surface area contributed by atoms with Gasteiger partial charge in [-0.1, -0.05) is 43.7 Å². The van der Waals surface area contributed by atoms with Crippen molar-refractivity contribution in [1.29, 1.82) is 0 Å². The van der Waals surface area contributed by atoms with Crippen LogP contribution in [-0.2, 0) is 6.42 Å². The highest BCUT2D eigenvalue weighted by atomic mass is 16.3. The molecule has 0 N–H and O–H groups in total. The second-order valence-electron chi connectivity index (χ2n) is 5.26. The molecule has 0 aliphatic carbocycles. The maximum Gasteiger partial charge on any atom is 0.209 e. The van der Waals surface area contributed by atoms with Crippen molar-refractivity contribution < 1.29 is 0 Å². The van der Waals surface area contributed by atoms with E-state index in [9.17, 15) is 4.91 Å². The summed E-state index contributed by atoms with van der Waals surface area (Å²) in [6, 6.07) is 12.1. The lowest BCUT2D eigenvalue weighted by molar-refractivity contribution is 0.922. The third kappa shape index (κ3) is 2.44. The van der Waals surface area contributed by atoms with E-state index in [0.29, 0.717) is 11.5 Å². The maximum absolute atomic E-state index is 11.2. The second-order valence-corrected chi connectivity index (χ2v) is 5.26. The summed E-state index contributed by atoms with van der Waals surface area (Å²) in [5, 5.41) is 3.19. The Hall–Kier alpha value is -2.49. The molecule has 0 saturated heterocycles. The minimum absolute atomic E-state index is 0.358. The van der Waals surface area contributed by atoms with Crippen LogP contribution in [0.5, 0.6) is 0 Å². The molecule has 4 heteroatoms. The topological polar surface area (TPSA) is 46.7 Å². The molecule has 0 amide bonds. The van der Waals surface area contributed by atoms with Gasteiger partial charge in [0.25, 0.3) is 0 Å². The van der Waals surface area contributed by atoms with Crippen LogP contribution in [0, 0.1) is 11.8 Å². The minimum atomic E-state index is 0.358. The lowest BCUT2D eigenvalue weighted by atomic mass is 10.1. The molecule has 0 atom stereocenters. The molecule has 0 aliphatic rings. The van der Waals surface area contributed by atoms with Crippen molar-refractivity contribution in [3.05, 3.63) is 58.6 Å². The lowest BCUT2D eigenvalue weighted by Gasteiger charge is -2.01. The number of nitroso groups, excluding NO2 is 1. The Balaban J connectivity index is 2.13. The van der Waals surface area contributed by atoms with Crippen molar-refractivity contribution in [1.82, 2.24) is 9.38 Å². The predicted octanol–water partition coefficient (Wildman–Crippen LogP) is 4.66. The number of rotatable bonds is 4. The summed E-state index contributed by atoms with van der Waals surface area (Å²) in [5.41, 5.74) is 4.66. The Labute approximate surface area is 123 Å². The summed E-state index contributed by atoms with van der Waals surface area (Å²) >= 11 is 0. The van der Waals surface area contributed by atoms with Gasteiger partial charge in [-0.15, -0.1) is 4.91 Å². The fraction of sp³-hybridized carbons (Fsp3) is 0.235. The number of hydrogen-bond donors (Lipinski definition) is 0. The molecule has 106 valence electrons. The van der Waals surface area contributed by atoms with E-state index in [1.54, 1.807) is 4.40 Å². The summed E-state index contributed by atoms with van der Waals surface area (Å²) < 4.78 is 1.75. The van der Waals surface area contributed by atoms with Crippen LogP contribution in [0.25, 0.3) is 16.9 Å². The standard InChI is InChI=1S/C17H17N3O/c1-3-4-13-6-8-14(9-7-13)16-17(19-21)20-11-12(2)5-10-15(20)18-16/h5-11H,3-4H2,1-2H3. The average molecular weight is 279 g/mol. The van der Waals surface area contributed by atoms with Crippen molar-refractivity contribution in [2.24, 2.45) is 5.18 Å². The van der Waals surface area contributed by atoms with Crippen LogP contribution in [0.3, 0.4) is 0 Å². The molecular formula is C17H17N3O. The van der Waals surface area contributed by atoms with Gasteiger partial charge in [-0.3, -0.25) is 4.40 Å². The molecule has 0 aliphatic heterocycles. The Morgan fingerprint density at radius 1 is 1.14 bits per heavy atom. The highest BCUT2D eigenvalue weighted by Gasteiger charge is 2.14. The first-order valence-electron chi connectivity index (χ1n) is 7.14. The predicted molar refractivity (Wildman–Crippen MR) is 84.8 cm³/mol. The molecule has 0 radical (unpaired) electrons. The monoisotopic (exact) mass is 279 g/mol. The number of aryl methyl sites for hydroxylation is 2. The first kappa shape index (κ1) is 13.5. The second kappa shape index (κ2) is 5.48. The maximum atomic E-state index is 11.2. The minimum Gasteiger partial charge on any atom is -0.281 e. The van der Waals surface area contributed by atoms with Crippen LogP contribution in [0.15, 0.2) is 47.8 Å². The highest BCUT2D eigenvalue weighted by Crippen LogP contribution is 2.31. The van der Waals surface area contributed by atoms with Gasteiger partial charge in [0.1, 0.15) is 11.3 Å². The van der Waals surface area contributed by atoms with Crippen molar-refractivity contribution >= 4 is 11.5 Å². The van der Waals surface area contributed by atoms with Crippen molar-refractivity contribution in [3.8, 4) is 11.3 Å². The van der Waals surface area contributed by atoms with Crippen LogP contribution in [-0.4, -0.2) is 9.38 Å². The van der Waals surface area contributed by atoms with E-state index in [2.05, 4.69) is 29.2 Å². The van der Waals surface area contributed by atoms with E-state index in [1.807, 2.05) is 37.4 Å². The molecule has 1 aromatic carbocycles. The van der Waals surface area contributed by atoms with Crippen LogP contribution in [0.1, 0.15) is 24.5 Å². The summed E-state index contributed by atoms with van der Waals surface area (Å²) in [6.45, 7) is 4.14. The lowest BCUT2D eigenvalue weighted by Crippen LogP contribution is -1.85. The Bertz CT molecular complexity index is 788. The van der Waals surface area contributed by atoms with Crippen LogP contribution in [0.4, 0.5) is 5.82 Å². The molecule has 3 rings (SSSR count). The molecule has 4 nitrogen and oxygen atoms in total. The Morgan fingerprint density at radius 2 is 1.90 bits per heavy atom. The first-order valence-corrected chi connectivity index (χ1v) is 7.14. The largest absolute Gasteiger partial charge is 0.281 e. The van der Waals surface area contributed by atoms with Gasteiger partial charge in [-0.05, 0) is 35.7 Å². The van der Waals surface area contributed by atoms with Gasteiger partial charge < -0.3 is 0 Å². The smallest absolute Gasteiger partial charge is 0.209 e. The van der Waals surface area contributed by atoms with Crippen molar-refractivity contribution in [2.75, 3.05) is 0 Å². The van der Waals surface area contributed by atoms with E-state index in [0.717, 1.165) is 29.6 Å². The van der Waals surface area contributed by atoms with Gasteiger partial charge in [-0.25, -0.2) is 4.98 Å². The van der Waals surface area contributed by atoms with Crippen molar-refractivity contribution in [2.45, 2.75) is 26.7 Å². The number of benzene rings is 1. The third-order valence-corrected chi connectivity index (χ3v) is 3.59. The molecule has 0 spiro atoms. The number of aromatic nitrogens is 2. The van der Waals surface area contributed by atoms with E-state index < -0.39 is 0 Å². The molecule has 21 heavy (non-hydrogen) atoms. The van der Waals surface area contributed by atoms with Crippen LogP contribution >= 0.6 is 0 Å². The van der Waals surface area contributed by atoms with Crippen LogP contribution < -0.4 is 0 Å². The Kier molecular flexibility index (Phi) is 3.52. The summed E-state index contributed by atoms with van der Waals surface area (Å²) in [4.78, 5) is 15.8. The van der Waals surface area contributed by atoms with Gasteiger partial charge in [0.05, 0.1) is 0 Å². The molecule has 0 saturated carbocycles. The summed E-state index contributed by atoms with van der Waals surface area (Å²) in [7, 11) is 0. The van der Waals surface area contributed by atoms with Gasteiger partial charge >= 0.3 is 0 Å². The van der Waals surface area contributed by atoms with E-state index >= 15 is 0 Å². The van der Waals surface area contributed by atoms with E-state index in [-0.39, 0.29) is 0 Å². The molecule has 0 fully saturated rings. The molecule has 3 aromatic rings.